The second-order valence-corrected chi connectivity index (χ2v) is 5.63. The first kappa shape index (κ1) is 15.5. The van der Waals surface area contributed by atoms with Gasteiger partial charge >= 0.3 is 5.97 Å². The van der Waals surface area contributed by atoms with Gasteiger partial charge in [0, 0.05) is 12.3 Å². The van der Waals surface area contributed by atoms with Crippen molar-refractivity contribution in [1.82, 2.24) is 0 Å². The zero-order valence-corrected chi connectivity index (χ0v) is 13.0. The molecular formula is C18H19NO4. The first-order valence-electron chi connectivity index (χ1n) is 7.75. The minimum Gasteiger partial charge on any atom is -0.451 e. The van der Waals surface area contributed by atoms with Crippen molar-refractivity contribution in [3.05, 3.63) is 42.5 Å². The summed E-state index contributed by atoms with van der Waals surface area (Å²) in [6.07, 6.45) is 0.0963. The number of amides is 1. The molecule has 5 heteroatoms. The summed E-state index contributed by atoms with van der Waals surface area (Å²) in [6.45, 7) is 2.13. The van der Waals surface area contributed by atoms with E-state index in [1.807, 2.05) is 42.5 Å². The molecule has 1 heterocycles. The molecule has 3 rings (SSSR count). The maximum atomic E-state index is 12.2. The van der Waals surface area contributed by atoms with Crippen molar-refractivity contribution < 1.29 is 19.1 Å². The molecule has 0 saturated carbocycles. The van der Waals surface area contributed by atoms with Gasteiger partial charge < -0.3 is 14.8 Å². The first-order valence-corrected chi connectivity index (χ1v) is 7.75. The van der Waals surface area contributed by atoms with Crippen molar-refractivity contribution in [1.29, 1.82) is 0 Å². The van der Waals surface area contributed by atoms with Gasteiger partial charge in [-0.25, -0.2) is 4.79 Å². The standard InChI is InChI=1S/C18H19NO4/c1-12(23-18(21)16-7-4-10-22-16)17(20)19-15-9-8-13-5-2-3-6-14(13)11-15/h2-3,5-6,8-9,11-12,16H,4,7,10H2,1H3,(H,19,20)/t12-,16+/m0/s1. The summed E-state index contributed by atoms with van der Waals surface area (Å²) >= 11 is 0. The van der Waals surface area contributed by atoms with Crippen LogP contribution in [0.1, 0.15) is 19.8 Å². The molecule has 2 atom stereocenters. The van der Waals surface area contributed by atoms with Crippen molar-refractivity contribution in [2.45, 2.75) is 32.0 Å². The summed E-state index contributed by atoms with van der Waals surface area (Å²) in [6, 6.07) is 13.6. The predicted molar refractivity (Wildman–Crippen MR) is 87.1 cm³/mol. The molecule has 1 saturated heterocycles. The number of nitrogens with one attached hydrogen (secondary N) is 1. The largest absolute Gasteiger partial charge is 0.451 e. The Kier molecular flexibility index (Phi) is 4.57. The molecule has 2 aromatic rings. The summed E-state index contributed by atoms with van der Waals surface area (Å²) in [5.74, 6) is -0.824. The van der Waals surface area contributed by atoms with Crippen LogP contribution >= 0.6 is 0 Å². The number of fused-ring (bicyclic) bond motifs is 1. The van der Waals surface area contributed by atoms with Crippen LogP contribution in [-0.2, 0) is 19.1 Å². The number of carbonyl (C=O) groups is 2. The van der Waals surface area contributed by atoms with Gasteiger partial charge in [-0.15, -0.1) is 0 Å². The number of esters is 1. The van der Waals surface area contributed by atoms with Gasteiger partial charge in [0.05, 0.1) is 0 Å². The highest BCUT2D eigenvalue weighted by atomic mass is 16.6. The Balaban J connectivity index is 1.61. The number of carbonyl (C=O) groups excluding carboxylic acids is 2. The number of rotatable bonds is 4. The zero-order chi connectivity index (χ0) is 16.2. The molecule has 0 radical (unpaired) electrons. The molecule has 1 aliphatic heterocycles. The molecular weight excluding hydrogens is 294 g/mol. The van der Waals surface area contributed by atoms with Crippen LogP contribution < -0.4 is 5.32 Å². The van der Waals surface area contributed by atoms with Crippen molar-refractivity contribution in [2.75, 3.05) is 11.9 Å². The van der Waals surface area contributed by atoms with Crippen molar-refractivity contribution in [3.8, 4) is 0 Å². The fourth-order valence-electron chi connectivity index (χ4n) is 2.58. The minimum absolute atomic E-state index is 0.355. The molecule has 1 aliphatic rings. The highest BCUT2D eigenvalue weighted by molar-refractivity contribution is 5.97. The normalized spacial score (nSPS) is 18.6. The molecule has 1 N–H and O–H groups in total. The summed E-state index contributed by atoms with van der Waals surface area (Å²) in [7, 11) is 0. The molecule has 2 aromatic carbocycles. The lowest BCUT2D eigenvalue weighted by Gasteiger charge is -2.16. The maximum Gasteiger partial charge on any atom is 0.336 e. The summed E-state index contributed by atoms with van der Waals surface area (Å²) in [5.41, 5.74) is 0.675. The smallest absolute Gasteiger partial charge is 0.336 e. The topological polar surface area (TPSA) is 64.6 Å². The third kappa shape index (κ3) is 3.68. The third-order valence-electron chi connectivity index (χ3n) is 3.87. The van der Waals surface area contributed by atoms with Gasteiger partial charge in [-0.1, -0.05) is 30.3 Å². The van der Waals surface area contributed by atoms with E-state index in [0.29, 0.717) is 18.7 Å². The molecule has 0 spiro atoms. The molecule has 23 heavy (non-hydrogen) atoms. The maximum absolute atomic E-state index is 12.2. The fraction of sp³-hybridized carbons (Fsp3) is 0.333. The van der Waals surface area contributed by atoms with Crippen LogP contribution in [0.2, 0.25) is 0 Å². The molecule has 0 unspecified atom stereocenters. The molecule has 1 amide bonds. The molecule has 1 fully saturated rings. The second-order valence-electron chi connectivity index (χ2n) is 5.63. The molecule has 5 nitrogen and oxygen atoms in total. The molecule has 0 bridgehead atoms. The van der Waals surface area contributed by atoms with Crippen molar-refractivity contribution >= 4 is 28.3 Å². The number of hydrogen-bond acceptors (Lipinski definition) is 4. The van der Waals surface area contributed by atoms with Gasteiger partial charge in [-0.05, 0) is 42.7 Å². The Morgan fingerprint density at radius 1 is 1.22 bits per heavy atom. The van der Waals surface area contributed by atoms with Gasteiger partial charge in [0.25, 0.3) is 5.91 Å². The number of ether oxygens (including phenoxy) is 2. The van der Waals surface area contributed by atoms with Crippen LogP contribution in [0.15, 0.2) is 42.5 Å². The van der Waals surface area contributed by atoms with E-state index < -0.39 is 18.2 Å². The average Bonchev–Trinajstić information content (AvgIpc) is 3.09. The lowest BCUT2D eigenvalue weighted by Crippen LogP contribution is -2.33. The van der Waals surface area contributed by atoms with E-state index in [1.165, 1.54) is 0 Å². The SMILES string of the molecule is C[C@H](OC(=O)[C@H]1CCCO1)C(=O)Nc1ccc2ccccc2c1. The van der Waals surface area contributed by atoms with Gasteiger partial charge in [0.1, 0.15) is 0 Å². The number of hydrogen-bond donors (Lipinski definition) is 1. The molecule has 0 aliphatic carbocycles. The van der Waals surface area contributed by atoms with Gasteiger partial charge in [-0.2, -0.15) is 0 Å². The van der Waals surface area contributed by atoms with E-state index in [0.717, 1.165) is 17.2 Å². The number of benzene rings is 2. The Labute approximate surface area is 134 Å². The average molecular weight is 313 g/mol. The van der Waals surface area contributed by atoms with Crippen molar-refractivity contribution in [3.63, 3.8) is 0 Å². The molecule has 120 valence electrons. The van der Waals surface area contributed by atoms with E-state index >= 15 is 0 Å². The Morgan fingerprint density at radius 3 is 2.74 bits per heavy atom. The first-order chi connectivity index (χ1) is 11.1. The zero-order valence-electron chi connectivity index (χ0n) is 13.0. The lowest BCUT2D eigenvalue weighted by atomic mass is 10.1. The summed E-state index contributed by atoms with van der Waals surface area (Å²) < 4.78 is 10.4. The van der Waals surface area contributed by atoms with E-state index in [9.17, 15) is 9.59 Å². The summed E-state index contributed by atoms with van der Waals surface area (Å²) in [5, 5.41) is 4.91. The Bertz CT molecular complexity index is 722. The predicted octanol–water partition coefficient (Wildman–Crippen LogP) is 2.89. The van der Waals surface area contributed by atoms with E-state index in [-0.39, 0.29) is 5.91 Å². The Hall–Kier alpha value is -2.40. The fourth-order valence-corrected chi connectivity index (χ4v) is 2.58. The highest BCUT2D eigenvalue weighted by Crippen LogP contribution is 2.19. The summed E-state index contributed by atoms with van der Waals surface area (Å²) in [4.78, 5) is 24.0. The van der Waals surface area contributed by atoms with Crippen LogP contribution in [0.3, 0.4) is 0 Å². The van der Waals surface area contributed by atoms with Crippen LogP contribution in [0.4, 0.5) is 5.69 Å². The van der Waals surface area contributed by atoms with Gasteiger partial charge in [0.2, 0.25) is 0 Å². The van der Waals surface area contributed by atoms with E-state index in [4.69, 9.17) is 9.47 Å². The second kappa shape index (κ2) is 6.79. The third-order valence-corrected chi connectivity index (χ3v) is 3.87. The van der Waals surface area contributed by atoms with Gasteiger partial charge in [-0.3, -0.25) is 4.79 Å². The van der Waals surface area contributed by atoms with Crippen LogP contribution in [0, 0.1) is 0 Å². The van der Waals surface area contributed by atoms with Crippen LogP contribution in [0.5, 0.6) is 0 Å². The van der Waals surface area contributed by atoms with E-state index in [1.54, 1.807) is 6.92 Å². The monoisotopic (exact) mass is 313 g/mol. The minimum atomic E-state index is -0.863. The van der Waals surface area contributed by atoms with Gasteiger partial charge in [0.15, 0.2) is 12.2 Å². The van der Waals surface area contributed by atoms with Crippen LogP contribution in [-0.4, -0.2) is 30.7 Å². The van der Waals surface area contributed by atoms with Crippen LogP contribution in [0.25, 0.3) is 10.8 Å². The Morgan fingerprint density at radius 2 is 2.00 bits per heavy atom. The van der Waals surface area contributed by atoms with E-state index in [2.05, 4.69) is 5.32 Å². The number of anilines is 1. The van der Waals surface area contributed by atoms with Crippen molar-refractivity contribution in [2.24, 2.45) is 0 Å². The lowest BCUT2D eigenvalue weighted by molar-refractivity contribution is -0.162. The quantitative estimate of drug-likeness (QED) is 0.882. The molecule has 0 aromatic heterocycles. The highest BCUT2D eigenvalue weighted by Gasteiger charge is 2.28.